The van der Waals surface area contributed by atoms with Crippen LogP contribution in [0.3, 0.4) is 0 Å². The lowest BCUT2D eigenvalue weighted by atomic mass is 10.8. The number of hydrogen-bond acceptors (Lipinski definition) is 2. The van der Waals surface area contributed by atoms with Crippen molar-refractivity contribution < 1.29 is 9.90 Å². The Balaban J connectivity index is 3.62. The first kappa shape index (κ1) is 7.74. The number of guanidine groups is 1. The van der Waals surface area contributed by atoms with Gasteiger partial charge >= 0.3 is 6.09 Å². The minimum absolute atomic E-state index is 0.0648. The van der Waals surface area contributed by atoms with Gasteiger partial charge in [0, 0.05) is 6.54 Å². The van der Waals surface area contributed by atoms with Crippen molar-refractivity contribution in [3.63, 3.8) is 0 Å². The Morgan fingerprint density at radius 1 is 1.89 bits per heavy atom. The molecule has 0 spiro atoms. The normalized spacial score (nSPS) is 11.0. The van der Waals surface area contributed by atoms with Gasteiger partial charge in [0.05, 0.1) is 0 Å². The summed E-state index contributed by atoms with van der Waals surface area (Å²) in [6.07, 6.45) is -1.19. The predicted octanol–water partition coefficient (Wildman–Crippen LogP) is -0.411. The highest BCUT2D eigenvalue weighted by Gasteiger charge is 1.94. The van der Waals surface area contributed by atoms with E-state index in [9.17, 15) is 4.79 Å². The zero-order chi connectivity index (χ0) is 7.28. The average molecular weight is 131 g/mol. The van der Waals surface area contributed by atoms with Gasteiger partial charge in [-0.2, -0.15) is 0 Å². The van der Waals surface area contributed by atoms with Crippen LogP contribution in [0.25, 0.3) is 0 Å². The third kappa shape index (κ3) is 4.60. The van der Waals surface area contributed by atoms with E-state index in [-0.39, 0.29) is 5.96 Å². The summed E-state index contributed by atoms with van der Waals surface area (Å²) in [5.74, 6) is -0.0648. The number of amides is 1. The van der Waals surface area contributed by atoms with E-state index in [1.807, 2.05) is 5.32 Å². The Hall–Kier alpha value is -1.26. The molecule has 0 radical (unpaired) electrons. The summed E-state index contributed by atoms with van der Waals surface area (Å²) >= 11 is 0. The zero-order valence-corrected chi connectivity index (χ0v) is 5.09. The number of nitrogens with zero attached hydrogens (tertiary/aromatic N) is 1. The van der Waals surface area contributed by atoms with Gasteiger partial charge in [0.15, 0.2) is 5.96 Å². The first-order valence-corrected chi connectivity index (χ1v) is 2.46. The van der Waals surface area contributed by atoms with Crippen LogP contribution in [0.5, 0.6) is 0 Å². The fraction of sp³-hybridized carbons (Fsp3) is 0.500. The molecule has 0 heterocycles. The predicted molar refractivity (Wildman–Crippen MR) is 33.3 cm³/mol. The Morgan fingerprint density at radius 2 is 2.44 bits per heavy atom. The summed E-state index contributed by atoms with van der Waals surface area (Å²) in [4.78, 5) is 13.4. The first-order chi connectivity index (χ1) is 4.16. The third-order valence-corrected chi connectivity index (χ3v) is 0.563. The summed E-state index contributed by atoms with van der Waals surface area (Å²) in [5, 5.41) is 9.93. The second-order valence-corrected chi connectivity index (χ2v) is 1.29. The van der Waals surface area contributed by atoms with Gasteiger partial charge in [0.25, 0.3) is 0 Å². The lowest BCUT2D eigenvalue weighted by molar-refractivity contribution is 0.200. The molecular weight excluding hydrogens is 122 g/mol. The zero-order valence-electron chi connectivity index (χ0n) is 5.09. The molecule has 1 amide bonds. The topological polar surface area (TPSA) is 87.7 Å². The first-order valence-electron chi connectivity index (χ1n) is 2.46. The average Bonchev–Trinajstić information content (AvgIpc) is 1.63. The SMILES string of the molecule is CCN=C(N)NC(=O)O. The van der Waals surface area contributed by atoms with Crippen molar-refractivity contribution in [1.29, 1.82) is 0 Å². The Morgan fingerprint density at radius 3 is 2.78 bits per heavy atom. The maximum atomic E-state index is 9.81. The van der Waals surface area contributed by atoms with E-state index in [2.05, 4.69) is 4.99 Å². The van der Waals surface area contributed by atoms with Crippen LogP contribution in [-0.2, 0) is 0 Å². The van der Waals surface area contributed by atoms with E-state index >= 15 is 0 Å². The molecule has 0 aromatic carbocycles. The van der Waals surface area contributed by atoms with Crippen LogP contribution in [0.4, 0.5) is 4.79 Å². The van der Waals surface area contributed by atoms with E-state index in [1.54, 1.807) is 6.92 Å². The van der Waals surface area contributed by atoms with E-state index < -0.39 is 6.09 Å². The summed E-state index contributed by atoms with van der Waals surface area (Å²) < 4.78 is 0. The molecule has 0 rings (SSSR count). The van der Waals surface area contributed by atoms with E-state index in [0.717, 1.165) is 0 Å². The number of carboxylic acid groups (broad SMARTS) is 1. The number of aliphatic imine (C=N–C) groups is 1. The van der Waals surface area contributed by atoms with Crippen molar-refractivity contribution in [2.75, 3.05) is 6.54 Å². The number of carbonyl (C=O) groups is 1. The maximum Gasteiger partial charge on any atom is 0.411 e. The van der Waals surface area contributed by atoms with Gasteiger partial charge in [-0.25, -0.2) is 4.79 Å². The highest BCUT2D eigenvalue weighted by atomic mass is 16.4. The van der Waals surface area contributed by atoms with Crippen LogP contribution >= 0.6 is 0 Å². The summed E-state index contributed by atoms with van der Waals surface area (Å²) in [7, 11) is 0. The molecule has 0 aliphatic rings. The third-order valence-electron chi connectivity index (χ3n) is 0.563. The quantitative estimate of drug-likeness (QED) is 0.334. The minimum Gasteiger partial charge on any atom is -0.465 e. The summed E-state index contributed by atoms with van der Waals surface area (Å²) in [6.45, 7) is 2.24. The fourth-order valence-electron chi connectivity index (χ4n) is 0.319. The van der Waals surface area contributed by atoms with Crippen LogP contribution in [0.15, 0.2) is 4.99 Å². The van der Waals surface area contributed by atoms with Crippen molar-refractivity contribution in [3.8, 4) is 0 Å². The molecule has 0 atom stereocenters. The summed E-state index contributed by atoms with van der Waals surface area (Å²) in [5.41, 5.74) is 5.04. The van der Waals surface area contributed by atoms with Gasteiger partial charge in [-0.3, -0.25) is 10.3 Å². The van der Waals surface area contributed by atoms with Crippen molar-refractivity contribution in [2.24, 2.45) is 10.7 Å². The molecule has 0 fully saturated rings. The molecule has 52 valence electrons. The Labute approximate surface area is 52.6 Å². The van der Waals surface area contributed by atoms with Crippen molar-refractivity contribution in [3.05, 3.63) is 0 Å². The molecule has 0 aliphatic heterocycles. The van der Waals surface area contributed by atoms with Gasteiger partial charge < -0.3 is 10.8 Å². The van der Waals surface area contributed by atoms with Crippen LogP contribution in [-0.4, -0.2) is 23.7 Å². The summed E-state index contributed by atoms with van der Waals surface area (Å²) in [6, 6.07) is 0. The number of hydrogen-bond donors (Lipinski definition) is 3. The lowest BCUT2D eigenvalue weighted by Crippen LogP contribution is -2.35. The van der Waals surface area contributed by atoms with Gasteiger partial charge in [-0.05, 0) is 6.92 Å². The van der Waals surface area contributed by atoms with Gasteiger partial charge in [0.2, 0.25) is 0 Å². The van der Waals surface area contributed by atoms with Gasteiger partial charge in [0.1, 0.15) is 0 Å². The second-order valence-electron chi connectivity index (χ2n) is 1.29. The number of nitrogens with two attached hydrogens (primary N) is 1. The van der Waals surface area contributed by atoms with E-state index in [1.165, 1.54) is 0 Å². The highest BCUT2D eigenvalue weighted by Crippen LogP contribution is 1.65. The molecule has 0 unspecified atom stereocenters. The lowest BCUT2D eigenvalue weighted by Gasteiger charge is -1.95. The Bertz CT molecular complexity index is 132. The van der Waals surface area contributed by atoms with Crippen LogP contribution in [0.1, 0.15) is 6.92 Å². The molecule has 9 heavy (non-hydrogen) atoms. The van der Waals surface area contributed by atoms with Gasteiger partial charge in [-0.1, -0.05) is 0 Å². The number of rotatable bonds is 1. The molecule has 0 aliphatic carbocycles. The molecular formula is C4H9N3O2. The fourth-order valence-corrected chi connectivity index (χ4v) is 0.319. The molecule has 0 aromatic heterocycles. The Kier molecular flexibility index (Phi) is 3.19. The van der Waals surface area contributed by atoms with E-state index in [4.69, 9.17) is 10.8 Å². The van der Waals surface area contributed by atoms with Gasteiger partial charge in [-0.15, -0.1) is 0 Å². The van der Waals surface area contributed by atoms with Crippen molar-refractivity contribution in [1.82, 2.24) is 5.32 Å². The molecule has 5 nitrogen and oxygen atoms in total. The van der Waals surface area contributed by atoms with Crippen LogP contribution in [0, 0.1) is 0 Å². The number of nitrogens with one attached hydrogen (secondary N) is 1. The minimum atomic E-state index is -1.19. The second kappa shape index (κ2) is 3.71. The maximum absolute atomic E-state index is 9.81. The monoisotopic (exact) mass is 131 g/mol. The molecule has 0 aromatic rings. The largest absolute Gasteiger partial charge is 0.465 e. The molecule has 0 saturated heterocycles. The van der Waals surface area contributed by atoms with Crippen LogP contribution in [0.2, 0.25) is 0 Å². The van der Waals surface area contributed by atoms with Crippen molar-refractivity contribution in [2.45, 2.75) is 6.92 Å². The highest BCUT2D eigenvalue weighted by molar-refractivity contribution is 5.91. The molecule has 0 saturated carbocycles. The molecule has 0 bridgehead atoms. The molecule has 4 N–H and O–H groups in total. The molecule has 5 heteroatoms. The smallest absolute Gasteiger partial charge is 0.411 e. The van der Waals surface area contributed by atoms with Crippen LogP contribution < -0.4 is 11.1 Å². The standard InChI is InChI=1S/C4H9N3O2/c1-2-6-3(5)7-4(8)9/h2H2,1H3,(H,8,9)(H3,5,6,7). The van der Waals surface area contributed by atoms with Crippen molar-refractivity contribution >= 4 is 12.1 Å². The van der Waals surface area contributed by atoms with E-state index in [0.29, 0.717) is 6.54 Å².